The van der Waals surface area contributed by atoms with E-state index in [1.54, 1.807) is 9.80 Å². The van der Waals surface area contributed by atoms with E-state index < -0.39 is 24.3 Å². The molecule has 1 fully saturated rings. The zero-order valence-corrected chi connectivity index (χ0v) is 23.0. The van der Waals surface area contributed by atoms with E-state index in [0.29, 0.717) is 25.2 Å². The number of nitrogens with zero attached hydrogens (tertiary/aromatic N) is 3. The number of benzene rings is 3. The number of hydrogen-bond acceptors (Lipinski definition) is 5. The van der Waals surface area contributed by atoms with Gasteiger partial charge in [-0.15, -0.1) is 0 Å². The van der Waals surface area contributed by atoms with Gasteiger partial charge in [0.2, 0.25) is 0 Å². The van der Waals surface area contributed by atoms with Gasteiger partial charge in [-0.1, -0.05) is 86.5 Å². The van der Waals surface area contributed by atoms with Crippen LogP contribution in [0.25, 0.3) is 10.9 Å². The highest BCUT2D eigenvalue weighted by Crippen LogP contribution is 2.30. The van der Waals surface area contributed by atoms with E-state index in [1.807, 2.05) is 78.9 Å². The third-order valence-corrected chi connectivity index (χ3v) is 8.02. The molecule has 4 atom stereocenters. The van der Waals surface area contributed by atoms with Gasteiger partial charge in [0.25, 0.3) is 0 Å². The Labute approximate surface area is 235 Å². The van der Waals surface area contributed by atoms with Crippen molar-refractivity contribution >= 4 is 22.8 Å². The number of urea groups is 1. The lowest BCUT2D eigenvalue weighted by Crippen LogP contribution is -2.51. The van der Waals surface area contributed by atoms with E-state index >= 15 is 0 Å². The van der Waals surface area contributed by atoms with Gasteiger partial charge in [-0.25, -0.2) is 4.79 Å². The summed E-state index contributed by atoms with van der Waals surface area (Å²) in [5.74, 6) is 0.402. The number of amides is 2. The Morgan fingerprint density at radius 1 is 0.825 bits per heavy atom. The van der Waals surface area contributed by atoms with Gasteiger partial charge in [-0.05, 0) is 48.1 Å². The van der Waals surface area contributed by atoms with E-state index in [9.17, 15) is 15.0 Å². The van der Waals surface area contributed by atoms with Gasteiger partial charge < -0.3 is 25.7 Å². The molecule has 4 aromatic rings. The van der Waals surface area contributed by atoms with Crippen LogP contribution in [0.2, 0.25) is 0 Å². The Balaban J connectivity index is 1.55. The van der Waals surface area contributed by atoms with Crippen LogP contribution in [0.1, 0.15) is 42.9 Å². The summed E-state index contributed by atoms with van der Waals surface area (Å²) >= 11 is 0. The predicted octanol–water partition coefficient (Wildman–Crippen LogP) is 4.52. The normalized spacial score (nSPS) is 21.6. The smallest absolute Gasteiger partial charge is 0.321 e. The Hall–Kier alpha value is -3.88. The second-order valence-electron chi connectivity index (χ2n) is 10.8. The lowest BCUT2D eigenvalue weighted by Gasteiger charge is -2.36. The number of hydrogen-bond donors (Lipinski definition) is 4. The van der Waals surface area contributed by atoms with Crippen molar-refractivity contribution in [1.82, 2.24) is 20.0 Å². The molecule has 1 aliphatic heterocycles. The molecule has 0 aliphatic carbocycles. The fraction of sp³-hybridized carbons (Fsp3) is 0.375. The molecule has 5 N–H and O–H groups in total. The number of nitrogens with one attached hydrogen (secondary N) is 1. The number of anilines is 1. The second kappa shape index (κ2) is 12.5. The molecule has 1 aliphatic rings. The van der Waals surface area contributed by atoms with Gasteiger partial charge in [-0.2, -0.15) is 5.10 Å². The first-order chi connectivity index (χ1) is 19.5. The van der Waals surface area contributed by atoms with Crippen LogP contribution in [-0.4, -0.2) is 67.1 Å². The number of aromatic nitrogens is 2. The molecule has 5 rings (SSSR count). The number of H-pyrrole nitrogens is 1. The van der Waals surface area contributed by atoms with E-state index in [-0.39, 0.29) is 12.6 Å². The van der Waals surface area contributed by atoms with Gasteiger partial charge in [0.15, 0.2) is 5.82 Å². The summed E-state index contributed by atoms with van der Waals surface area (Å²) in [6.45, 7) is 2.91. The maximum Gasteiger partial charge on any atom is 0.321 e. The number of aromatic amines is 1. The zero-order chi connectivity index (χ0) is 28.1. The number of carbonyl (C=O) groups is 1. The van der Waals surface area contributed by atoms with Crippen molar-refractivity contribution in [2.75, 3.05) is 12.3 Å². The van der Waals surface area contributed by atoms with Gasteiger partial charge in [0.05, 0.1) is 17.6 Å². The molecule has 2 amide bonds. The molecule has 1 aromatic heterocycles. The minimum atomic E-state index is -1.14. The number of aliphatic hydroxyl groups is 2. The van der Waals surface area contributed by atoms with Crippen molar-refractivity contribution in [3.63, 3.8) is 0 Å². The highest BCUT2D eigenvalue weighted by Gasteiger charge is 2.46. The highest BCUT2D eigenvalue weighted by atomic mass is 16.3. The maximum absolute atomic E-state index is 14.5. The predicted molar refractivity (Wildman–Crippen MR) is 158 cm³/mol. The summed E-state index contributed by atoms with van der Waals surface area (Å²) in [5.41, 5.74) is 9.78. The highest BCUT2D eigenvalue weighted by molar-refractivity contribution is 5.89. The quantitative estimate of drug-likeness (QED) is 0.220. The van der Waals surface area contributed by atoms with Crippen LogP contribution in [-0.2, 0) is 19.4 Å². The summed E-state index contributed by atoms with van der Waals surface area (Å²) in [4.78, 5) is 18.0. The first-order valence-corrected chi connectivity index (χ1v) is 14.2. The zero-order valence-electron chi connectivity index (χ0n) is 23.0. The van der Waals surface area contributed by atoms with Crippen molar-refractivity contribution in [3.05, 3.63) is 95.6 Å². The molecule has 3 aromatic carbocycles. The van der Waals surface area contributed by atoms with Crippen LogP contribution in [0.5, 0.6) is 0 Å². The molecule has 0 unspecified atom stereocenters. The lowest BCUT2D eigenvalue weighted by atomic mass is 9.91. The van der Waals surface area contributed by atoms with Gasteiger partial charge in [0, 0.05) is 18.5 Å². The molecule has 0 saturated carbocycles. The molecule has 2 heterocycles. The number of fused-ring (bicyclic) bond motifs is 1. The summed E-state index contributed by atoms with van der Waals surface area (Å²) in [5, 5.41) is 31.3. The number of rotatable bonds is 10. The summed E-state index contributed by atoms with van der Waals surface area (Å²) in [6, 6.07) is 24.1. The van der Waals surface area contributed by atoms with E-state index in [0.717, 1.165) is 46.9 Å². The van der Waals surface area contributed by atoms with Crippen LogP contribution < -0.4 is 5.73 Å². The third-order valence-electron chi connectivity index (χ3n) is 8.02. The molecule has 1 saturated heterocycles. The standard InChI is InChI=1S/C32H39N5O3/c1-2-3-10-17-36-27(19-22-11-6-4-7-12-22)29(38)30(39)28(20-23-13-8-5-9-14-23)37(32(36)40)21-24-15-16-26-25(18-24)31(33)35-34-26/h4-9,11-16,18,27-30,38-39H,2-3,10,17,19-21H2,1H3,(H3,33,34,35)/t27-,28-,29+,30+/m1/s1. The van der Waals surface area contributed by atoms with Crippen molar-refractivity contribution in [1.29, 1.82) is 0 Å². The van der Waals surface area contributed by atoms with Crippen LogP contribution in [0.15, 0.2) is 78.9 Å². The van der Waals surface area contributed by atoms with Gasteiger partial charge in [-0.3, -0.25) is 5.10 Å². The molecular weight excluding hydrogens is 502 g/mol. The van der Waals surface area contributed by atoms with Gasteiger partial charge >= 0.3 is 6.03 Å². The average Bonchev–Trinajstić information content (AvgIpc) is 3.33. The fourth-order valence-corrected chi connectivity index (χ4v) is 5.80. The average molecular weight is 542 g/mol. The van der Waals surface area contributed by atoms with E-state index in [4.69, 9.17) is 5.73 Å². The molecule has 40 heavy (non-hydrogen) atoms. The van der Waals surface area contributed by atoms with Crippen LogP contribution in [0.3, 0.4) is 0 Å². The summed E-state index contributed by atoms with van der Waals surface area (Å²) < 4.78 is 0. The summed E-state index contributed by atoms with van der Waals surface area (Å²) in [6.07, 6.45) is 1.44. The van der Waals surface area contributed by atoms with Crippen molar-refractivity contribution in [3.8, 4) is 0 Å². The van der Waals surface area contributed by atoms with E-state index in [2.05, 4.69) is 17.1 Å². The molecule has 8 heteroatoms. The monoisotopic (exact) mass is 541 g/mol. The van der Waals surface area contributed by atoms with Crippen LogP contribution in [0, 0.1) is 0 Å². The molecule has 210 valence electrons. The van der Waals surface area contributed by atoms with Crippen molar-refractivity contribution in [2.45, 2.75) is 69.9 Å². The Bertz CT molecular complexity index is 1390. The molecule has 0 radical (unpaired) electrons. The molecule has 8 nitrogen and oxygen atoms in total. The molecular formula is C32H39N5O3. The van der Waals surface area contributed by atoms with Crippen LogP contribution in [0.4, 0.5) is 10.6 Å². The Morgan fingerprint density at radius 2 is 1.43 bits per heavy atom. The van der Waals surface area contributed by atoms with Crippen molar-refractivity contribution in [2.24, 2.45) is 0 Å². The minimum absolute atomic E-state index is 0.172. The molecule has 0 spiro atoms. The third kappa shape index (κ3) is 5.98. The van der Waals surface area contributed by atoms with Gasteiger partial charge in [0.1, 0.15) is 12.2 Å². The van der Waals surface area contributed by atoms with Crippen molar-refractivity contribution < 1.29 is 15.0 Å². The Kier molecular flexibility index (Phi) is 8.67. The number of unbranched alkanes of at least 4 members (excludes halogenated alkanes) is 2. The number of carbonyl (C=O) groups excluding carboxylic acids is 1. The largest absolute Gasteiger partial charge is 0.388 e. The van der Waals surface area contributed by atoms with Crippen LogP contribution >= 0.6 is 0 Å². The molecule has 0 bridgehead atoms. The number of nitrogens with two attached hydrogens (primary N) is 1. The first kappa shape index (κ1) is 27.7. The number of nitrogen functional groups attached to an aromatic ring is 1. The lowest BCUT2D eigenvalue weighted by molar-refractivity contribution is -0.0402. The number of aliphatic hydroxyl groups excluding tert-OH is 2. The topological polar surface area (TPSA) is 119 Å². The minimum Gasteiger partial charge on any atom is -0.388 e. The Morgan fingerprint density at radius 3 is 2.02 bits per heavy atom. The second-order valence-corrected chi connectivity index (χ2v) is 10.8. The maximum atomic E-state index is 14.5. The van der Waals surface area contributed by atoms with E-state index in [1.165, 1.54) is 0 Å². The SMILES string of the molecule is CCCCCN1C(=O)N(Cc2ccc3[nH]nc(N)c3c2)[C@H](Cc2ccccc2)[C@H](O)[C@@H](O)[C@H]1Cc1ccccc1. The summed E-state index contributed by atoms with van der Waals surface area (Å²) in [7, 11) is 0. The first-order valence-electron chi connectivity index (χ1n) is 14.2. The fourth-order valence-electron chi connectivity index (χ4n) is 5.80.